The number of carbonyl (C=O) groups excluding carboxylic acids is 1. The summed E-state index contributed by atoms with van der Waals surface area (Å²) < 4.78 is 7.01. The van der Waals surface area contributed by atoms with E-state index in [1.807, 2.05) is 13.1 Å². The summed E-state index contributed by atoms with van der Waals surface area (Å²) in [5.74, 6) is 0.0369. The third kappa shape index (κ3) is 4.08. The first-order valence-corrected chi connectivity index (χ1v) is 6.18. The van der Waals surface area contributed by atoms with E-state index in [9.17, 15) is 4.79 Å². The number of hydrogen-bond acceptors (Lipinski definition) is 5. The van der Waals surface area contributed by atoms with Crippen molar-refractivity contribution in [3.05, 3.63) is 11.9 Å². The normalized spacial score (nSPS) is 19.7. The first-order valence-electron chi connectivity index (χ1n) is 6.18. The smallest absolute Gasteiger partial charge is 0.221 e. The Kier molecular flexibility index (Phi) is 4.66. The molecule has 100 valence electrons. The molecule has 1 saturated heterocycles. The van der Waals surface area contributed by atoms with Crippen LogP contribution in [0.5, 0.6) is 0 Å². The van der Waals surface area contributed by atoms with Gasteiger partial charge in [-0.1, -0.05) is 5.21 Å². The molecular weight excluding hydrogens is 234 g/mol. The molecule has 0 radical (unpaired) electrons. The van der Waals surface area contributed by atoms with Crippen molar-refractivity contribution in [2.45, 2.75) is 25.9 Å². The Morgan fingerprint density at radius 1 is 1.72 bits per heavy atom. The molecule has 1 aromatic heterocycles. The Balaban J connectivity index is 1.62. The summed E-state index contributed by atoms with van der Waals surface area (Å²) in [6.45, 7) is 5.24. The minimum atomic E-state index is 0.0369. The maximum atomic E-state index is 11.7. The van der Waals surface area contributed by atoms with E-state index >= 15 is 0 Å². The summed E-state index contributed by atoms with van der Waals surface area (Å²) in [5.41, 5.74) is 0.880. The molecule has 1 aliphatic heterocycles. The van der Waals surface area contributed by atoms with Gasteiger partial charge in [-0.2, -0.15) is 0 Å². The molecule has 7 nitrogen and oxygen atoms in total. The second kappa shape index (κ2) is 6.46. The van der Waals surface area contributed by atoms with Gasteiger partial charge in [0.15, 0.2) is 0 Å². The van der Waals surface area contributed by atoms with Crippen molar-refractivity contribution in [1.82, 2.24) is 25.6 Å². The second-order valence-electron chi connectivity index (χ2n) is 4.40. The number of hydrogen-bond donors (Lipinski definition) is 2. The van der Waals surface area contributed by atoms with Crippen LogP contribution in [-0.4, -0.2) is 53.2 Å². The van der Waals surface area contributed by atoms with Gasteiger partial charge in [0.2, 0.25) is 5.91 Å². The molecule has 0 aliphatic carbocycles. The average molecular weight is 253 g/mol. The summed E-state index contributed by atoms with van der Waals surface area (Å²) in [7, 11) is 0. The quantitative estimate of drug-likeness (QED) is 0.709. The predicted molar refractivity (Wildman–Crippen MR) is 65.0 cm³/mol. The number of morpholine rings is 1. The molecule has 0 saturated carbocycles. The van der Waals surface area contributed by atoms with E-state index in [1.54, 1.807) is 4.68 Å². The van der Waals surface area contributed by atoms with E-state index in [2.05, 4.69) is 20.9 Å². The number of nitrogens with zero attached hydrogens (tertiary/aromatic N) is 3. The van der Waals surface area contributed by atoms with Crippen LogP contribution in [0, 0.1) is 6.92 Å². The van der Waals surface area contributed by atoms with Crippen molar-refractivity contribution in [3.8, 4) is 0 Å². The van der Waals surface area contributed by atoms with E-state index in [1.165, 1.54) is 0 Å². The lowest BCUT2D eigenvalue weighted by molar-refractivity contribution is -0.122. The number of rotatable bonds is 5. The average Bonchev–Trinajstić information content (AvgIpc) is 2.76. The van der Waals surface area contributed by atoms with E-state index in [4.69, 9.17) is 4.74 Å². The van der Waals surface area contributed by atoms with Gasteiger partial charge in [0, 0.05) is 31.7 Å². The zero-order valence-corrected chi connectivity index (χ0v) is 10.6. The first-order chi connectivity index (χ1) is 8.74. The predicted octanol–water partition coefficient (Wildman–Crippen LogP) is -0.919. The molecule has 1 fully saturated rings. The molecule has 2 rings (SSSR count). The highest BCUT2D eigenvalue weighted by atomic mass is 16.5. The minimum absolute atomic E-state index is 0.0369. The van der Waals surface area contributed by atoms with Crippen LogP contribution in [0.4, 0.5) is 0 Å². The van der Waals surface area contributed by atoms with E-state index in [-0.39, 0.29) is 11.9 Å². The highest BCUT2D eigenvalue weighted by molar-refractivity contribution is 5.76. The van der Waals surface area contributed by atoms with Crippen molar-refractivity contribution < 1.29 is 9.53 Å². The van der Waals surface area contributed by atoms with Crippen LogP contribution < -0.4 is 10.6 Å². The number of nitrogens with one attached hydrogen (secondary N) is 2. The van der Waals surface area contributed by atoms with Gasteiger partial charge in [-0.3, -0.25) is 9.48 Å². The molecule has 1 aromatic rings. The van der Waals surface area contributed by atoms with Crippen LogP contribution >= 0.6 is 0 Å². The highest BCUT2D eigenvalue weighted by Crippen LogP contribution is 1.98. The highest BCUT2D eigenvalue weighted by Gasteiger charge is 2.16. The molecule has 1 aliphatic rings. The third-order valence-electron chi connectivity index (χ3n) is 2.75. The summed E-state index contributed by atoms with van der Waals surface area (Å²) in [6, 6.07) is 0.132. The Labute approximate surface area is 106 Å². The molecule has 2 heterocycles. The van der Waals surface area contributed by atoms with Crippen LogP contribution in [-0.2, 0) is 16.1 Å². The van der Waals surface area contributed by atoms with E-state index in [0.29, 0.717) is 26.1 Å². The monoisotopic (exact) mass is 253 g/mol. The van der Waals surface area contributed by atoms with Crippen molar-refractivity contribution in [1.29, 1.82) is 0 Å². The molecule has 0 spiro atoms. The zero-order chi connectivity index (χ0) is 12.8. The lowest BCUT2D eigenvalue weighted by atomic mass is 10.2. The Morgan fingerprint density at radius 3 is 3.28 bits per heavy atom. The molecule has 0 bridgehead atoms. The summed E-state index contributed by atoms with van der Waals surface area (Å²) in [6.07, 6.45) is 2.30. The van der Waals surface area contributed by atoms with Gasteiger partial charge in [-0.05, 0) is 6.92 Å². The Bertz CT molecular complexity index is 387. The molecule has 1 amide bonds. The lowest BCUT2D eigenvalue weighted by Crippen LogP contribution is -2.44. The largest absolute Gasteiger partial charge is 0.378 e. The first kappa shape index (κ1) is 13.0. The maximum absolute atomic E-state index is 11.7. The summed E-state index contributed by atoms with van der Waals surface area (Å²) >= 11 is 0. The van der Waals surface area contributed by atoms with E-state index < -0.39 is 0 Å². The van der Waals surface area contributed by atoms with Crippen LogP contribution in [0.3, 0.4) is 0 Å². The van der Waals surface area contributed by atoms with Crippen molar-refractivity contribution in [2.24, 2.45) is 0 Å². The number of aryl methyl sites for hydroxylation is 1. The van der Waals surface area contributed by atoms with Gasteiger partial charge in [0.1, 0.15) is 0 Å². The van der Waals surface area contributed by atoms with Crippen molar-refractivity contribution in [2.75, 3.05) is 26.3 Å². The molecule has 0 unspecified atom stereocenters. The minimum Gasteiger partial charge on any atom is -0.378 e. The van der Waals surface area contributed by atoms with Gasteiger partial charge in [0.05, 0.1) is 25.5 Å². The number of amides is 1. The van der Waals surface area contributed by atoms with Gasteiger partial charge in [-0.15, -0.1) is 5.10 Å². The third-order valence-corrected chi connectivity index (χ3v) is 2.75. The maximum Gasteiger partial charge on any atom is 0.221 e. The van der Waals surface area contributed by atoms with Gasteiger partial charge in [0.25, 0.3) is 0 Å². The fraction of sp³-hybridized carbons (Fsp3) is 0.727. The second-order valence-corrected chi connectivity index (χ2v) is 4.40. The fourth-order valence-electron chi connectivity index (χ4n) is 1.86. The van der Waals surface area contributed by atoms with Gasteiger partial charge >= 0.3 is 0 Å². The van der Waals surface area contributed by atoms with Gasteiger partial charge in [-0.25, -0.2) is 0 Å². The molecule has 0 aromatic carbocycles. The molecule has 18 heavy (non-hydrogen) atoms. The molecule has 1 atom stereocenters. The summed E-state index contributed by atoms with van der Waals surface area (Å²) in [5, 5.41) is 13.9. The fourth-order valence-corrected chi connectivity index (χ4v) is 1.86. The lowest BCUT2D eigenvalue weighted by Gasteiger charge is -2.23. The molecule has 7 heteroatoms. The molecule has 2 N–H and O–H groups in total. The summed E-state index contributed by atoms with van der Waals surface area (Å²) in [4.78, 5) is 11.7. The molecular formula is C11H19N5O2. The van der Waals surface area contributed by atoms with Crippen LogP contribution in [0.15, 0.2) is 6.20 Å². The Morgan fingerprint density at radius 2 is 2.61 bits per heavy atom. The SMILES string of the molecule is Cc1cn(CCNC(=O)C[C@@H]2COCCN2)nn1. The number of ether oxygens (including phenoxy) is 1. The number of carbonyl (C=O) groups is 1. The van der Waals surface area contributed by atoms with Crippen molar-refractivity contribution >= 4 is 5.91 Å². The van der Waals surface area contributed by atoms with Crippen LogP contribution in [0.2, 0.25) is 0 Å². The standard InChI is InChI=1S/C11H19N5O2/c1-9-7-16(15-14-9)4-2-13-11(17)6-10-8-18-5-3-12-10/h7,10,12H,2-6,8H2,1H3,(H,13,17)/t10-/m1/s1. The van der Waals surface area contributed by atoms with Gasteiger partial charge < -0.3 is 15.4 Å². The number of aromatic nitrogens is 3. The van der Waals surface area contributed by atoms with Crippen LogP contribution in [0.1, 0.15) is 12.1 Å². The zero-order valence-electron chi connectivity index (χ0n) is 10.6. The Hall–Kier alpha value is -1.47. The topological polar surface area (TPSA) is 81.1 Å². The van der Waals surface area contributed by atoms with Crippen molar-refractivity contribution in [3.63, 3.8) is 0 Å². The van der Waals surface area contributed by atoms with Crippen LogP contribution in [0.25, 0.3) is 0 Å². The van der Waals surface area contributed by atoms with E-state index in [0.717, 1.165) is 18.8 Å².